The molecule has 0 unspecified atom stereocenters. The van der Waals surface area contributed by atoms with Crippen LogP contribution >= 0.6 is 22.7 Å². The quantitative estimate of drug-likeness (QED) is 0.211. The zero-order chi connectivity index (χ0) is 22.2. The molecular weight excluding hydrogens is 448 g/mol. The molecule has 2 heteroatoms. The monoisotopic (exact) mass is 466 g/mol. The van der Waals surface area contributed by atoms with Gasteiger partial charge in [-0.25, -0.2) is 0 Å². The summed E-state index contributed by atoms with van der Waals surface area (Å²) in [6, 6.07) is 40.3. The van der Waals surface area contributed by atoms with E-state index < -0.39 is 0 Å². The van der Waals surface area contributed by atoms with Gasteiger partial charge in [-0.05, 0) is 61.6 Å². The van der Waals surface area contributed by atoms with Crippen LogP contribution in [0.15, 0.2) is 109 Å². The van der Waals surface area contributed by atoms with E-state index in [0.717, 1.165) is 0 Å². The Labute approximate surface area is 204 Å². The molecule has 0 spiro atoms. The zero-order valence-corrected chi connectivity index (χ0v) is 19.8. The van der Waals surface area contributed by atoms with E-state index in [4.69, 9.17) is 0 Å². The van der Waals surface area contributed by atoms with Crippen molar-refractivity contribution in [3.63, 3.8) is 0 Å². The minimum Gasteiger partial charge on any atom is -0.134 e. The van der Waals surface area contributed by atoms with Gasteiger partial charge in [0.2, 0.25) is 0 Å². The highest BCUT2D eigenvalue weighted by molar-refractivity contribution is 7.36. The Kier molecular flexibility index (Phi) is 3.79. The molecule has 158 valence electrons. The maximum atomic E-state index is 2.39. The van der Waals surface area contributed by atoms with Crippen molar-refractivity contribution in [2.24, 2.45) is 0 Å². The third-order valence-corrected chi connectivity index (χ3v) is 9.58. The standard InChI is InChI=1S/C32H18S2/c1-2-9-23-21(7-1)22-8-3-4-10-24(22)28-17-19(13-15-25(23)28)20-14-16-27-30(18-20)34-31-26-11-5-6-12-29(26)33-32(27)31/h1-18H. The van der Waals surface area contributed by atoms with Crippen molar-refractivity contribution < 1.29 is 0 Å². The highest BCUT2D eigenvalue weighted by atomic mass is 32.1. The van der Waals surface area contributed by atoms with Crippen LogP contribution in [0.5, 0.6) is 0 Å². The molecule has 0 atom stereocenters. The van der Waals surface area contributed by atoms with Gasteiger partial charge in [0.15, 0.2) is 0 Å². The summed E-state index contributed by atoms with van der Waals surface area (Å²) in [4.78, 5) is 0. The van der Waals surface area contributed by atoms with E-state index >= 15 is 0 Å². The molecule has 0 saturated heterocycles. The van der Waals surface area contributed by atoms with Gasteiger partial charge in [-0.2, -0.15) is 0 Å². The molecule has 0 aliphatic carbocycles. The molecule has 0 aliphatic rings. The first-order chi connectivity index (χ1) is 16.8. The lowest BCUT2D eigenvalue weighted by Gasteiger charge is -2.12. The summed E-state index contributed by atoms with van der Waals surface area (Å²) in [6.07, 6.45) is 0. The topological polar surface area (TPSA) is 0 Å². The van der Waals surface area contributed by atoms with Crippen molar-refractivity contribution in [3.8, 4) is 11.1 Å². The Morgan fingerprint density at radius 3 is 1.44 bits per heavy atom. The molecule has 2 aromatic heterocycles. The SMILES string of the molecule is c1ccc2c(c1)sc1c3ccc(-c4ccc5c6ccccc6c6ccccc6c5c4)cc3sc21. The molecule has 0 amide bonds. The molecule has 34 heavy (non-hydrogen) atoms. The average Bonchev–Trinajstić information content (AvgIpc) is 3.44. The Morgan fingerprint density at radius 1 is 0.324 bits per heavy atom. The predicted octanol–water partition coefficient (Wildman–Crippen LogP) is 10.4. The van der Waals surface area contributed by atoms with E-state index in [1.165, 1.54) is 73.0 Å². The number of hydrogen-bond donors (Lipinski definition) is 0. The molecule has 0 aliphatic heterocycles. The lowest BCUT2D eigenvalue weighted by atomic mass is 9.92. The first kappa shape index (κ1) is 18.7. The van der Waals surface area contributed by atoms with Crippen molar-refractivity contribution in [1.29, 1.82) is 0 Å². The van der Waals surface area contributed by atoms with Gasteiger partial charge in [0.25, 0.3) is 0 Å². The maximum absolute atomic E-state index is 2.39. The van der Waals surface area contributed by atoms with Gasteiger partial charge in [-0.15, -0.1) is 22.7 Å². The van der Waals surface area contributed by atoms with Crippen LogP contribution in [0.1, 0.15) is 0 Å². The van der Waals surface area contributed by atoms with Crippen LogP contribution in [-0.4, -0.2) is 0 Å². The lowest BCUT2D eigenvalue weighted by molar-refractivity contribution is 1.71. The van der Waals surface area contributed by atoms with Crippen molar-refractivity contribution >= 4 is 84.6 Å². The fourth-order valence-electron chi connectivity index (χ4n) is 5.47. The van der Waals surface area contributed by atoms with Gasteiger partial charge >= 0.3 is 0 Å². The molecule has 0 N–H and O–H groups in total. The van der Waals surface area contributed by atoms with E-state index in [0.29, 0.717) is 0 Å². The average molecular weight is 467 g/mol. The number of hydrogen-bond acceptors (Lipinski definition) is 2. The van der Waals surface area contributed by atoms with Crippen LogP contribution in [-0.2, 0) is 0 Å². The number of thiophene rings is 2. The summed E-state index contributed by atoms with van der Waals surface area (Å²) < 4.78 is 5.59. The second-order valence-electron chi connectivity index (χ2n) is 8.92. The third kappa shape index (κ3) is 2.53. The normalized spacial score (nSPS) is 12.1. The molecule has 0 saturated carbocycles. The van der Waals surface area contributed by atoms with Crippen LogP contribution in [0.3, 0.4) is 0 Å². The molecule has 0 fully saturated rings. The van der Waals surface area contributed by atoms with Gasteiger partial charge in [0, 0.05) is 20.2 Å². The van der Waals surface area contributed by atoms with Gasteiger partial charge in [0.05, 0.1) is 9.40 Å². The van der Waals surface area contributed by atoms with Crippen molar-refractivity contribution in [2.75, 3.05) is 0 Å². The summed E-state index contributed by atoms with van der Waals surface area (Å²) in [6.45, 7) is 0. The molecule has 0 bridgehead atoms. The summed E-state index contributed by atoms with van der Waals surface area (Å²) >= 11 is 3.84. The smallest absolute Gasteiger partial charge is 0.0542 e. The summed E-state index contributed by atoms with van der Waals surface area (Å²) in [5, 5.41) is 10.7. The van der Waals surface area contributed by atoms with Crippen molar-refractivity contribution in [3.05, 3.63) is 109 Å². The minimum absolute atomic E-state index is 1.27. The third-order valence-electron chi connectivity index (χ3n) is 7.07. The number of benzene rings is 6. The van der Waals surface area contributed by atoms with E-state index in [9.17, 15) is 0 Å². The zero-order valence-electron chi connectivity index (χ0n) is 18.2. The Balaban J connectivity index is 1.39. The fourth-order valence-corrected chi connectivity index (χ4v) is 8.16. The Hall–Kier alpha value is -3.72. The van der Waals surface area contributed by atoms with E-state index in [1.807, 2.05) is 22.7 Å². The fraction of sp³-hybridized carbons (Fsp3) is 0. The molecule has 8 rings (SSSR count). The number of fused-ring (bicyclic) bond motifs is 11. The van der Waals surface area contributed by atoms with Crippen LogP contribution in [0, 0.1) is 0 Å². The van der Waals surface area contributed by atoms with E-state index in [2.05, 4.69) is 109 Å². The predicted molar refractivity (Wildman–Crippen MR) is 153 cm³/mol. The highest BCUT2D eigenvalue weighted by Crippen LogP contribution is 2.45. The molecule has 6 aromatic carbocycles. The molecule has 8 aromatic rings. The van der Waals surface area contributed by atoms with Gasteiger partial charge in [0.1, 0.15) is 0 Å². The largest absolute Gasteiger partial charge is 0.134 e. The summed E-state index contributed by atoms with van der Waals surface area (Å²) in [5.74, 6) is 0. The number of rotatable bonds is 1. The highest BCUT2D eigenvalue weighted by Gasteiger charge is 2.13. The van der Waals surface area contributed by atoms with Crippen LogP contribution in [0.4, 0.5) is 0 Å². The first-order valence-electron chi connectivity index (χ1n) is 11.5. The summed E-state index contributed by atoms with van der Waals surface area (Å²) in [7, 11) is 0. The first-order valence-corrected chi connectivity index (χ1v) is 13.2. The van der Waals surface area contributed by atoms with Crippen LogP contribution < -0.4 is 0 Å². The molecule has 0 radical (unpaired) electrons. The Bertz CT molecular complexity index is 2040. The van der Waals surface area contributed by atoms with Gasteiger partial charge in [-0.1, -0.05) is 91.0 Å². The minimum atomic E-state index is 1.27. The summed E-state index contributed by atoms with van der Waals surface area (Å²) in [5.41, 5.74) is 2.56. The van der Waals surface area contributed by atoms with Crippen molar-refractivity contribution in [2.45, 2.75) is 0 Å². The van der Waals surface area contributed by atoms with Gasteiger partial charge < -0.3 is 0 Å². The maximum Gasteiger partial charge on any atom is 0.0542 e. The lowest BCUT2D eigenvalue weighted by Crippen LogP contribution is -1.84. The van der Waals surface area contributed by atoms with Crippen LogP contribution in [0.25, 0.3) is 73.0 Å². The second kappa shape index (κ2) is 6.89. The van der Waals surface area contributed by atoms with Crippen molar-refractivity contribution in [1.82, 2.24) is 0 Å². The molecule has 2 heterocycles. The molecule has 0 nitrogen and oxygen atoms in total. The van der Waals surface area contributed by atoms with Gasteiger partial charge in [-0.3, -0.25) is 0 Å². The van der Waals surface area contributed by atoms with E-state index in [-0.39, 0.29) is 0 Å². The second-order valence-corrected chi connectivity index (χ2v) is 11.0. The molecular formula is C32H18S2. The van der Waals surface area contributed by atoms with Crippen LogP contribution in [0.2, 0.25) is 0 Å². The van der Waals surface area contributed by atoms with E-state index in [1.54, 1.807) is 0 Å². The Morgan fingerprint density at radius 2 is 0.765 bits per heavy atom.